The van der Waals surface area contributed by atoms with Crippen LogP contribution in [0.15, 0.2) is 36.7 Å². The summed E-state index contributed by atoms with van der Waals surface area (Å²) in [5.41, 5.74) is 2.21. The van der Waals surface area contributed by atoms with E-state index in [9.17, 15) is 17.2 Å². The molecule has 0 unspecified atom stereocenters. The summed E-state index contributed by atoms with van der Waals surface area (Å²) >= 11 is 0. The summed E-state index contributed by atoms with van der Waals surface area (Å²) in [6, 6.07) is 8.02. The van der Waals surface area contributed by atoms with Gasteiger partial charge in [0.15, 0.2) is 0 Å². The first-order valence-corrected chi connectivity index (χ1v) is 15.1. The molecule has 2 aromatic heterocycles. The molecule has 2 fully saturated rings. The lowest BCUT2D eigenvalue weighted by molar-refractivity contribution is -0.0120. The largest absolute Gasteiger partial charge is 0.368 e. The normalized spacial score (nSPS) is 21.6. The summed E-state index contributed by atoms with van der Waals surface area (Å²) in [6.45, 7) is 7.14. The molecule has 38 heavy (non-hydrogen) atoms. The van der Waals surface area contributed by atoms with Crippen LogP contribution in [-0.4, -0.2) is 67.0 Å². The van der Waals surface area contributed by atoms with Crippen LogP contribution in [-0.2, 0) is 9.84 Å². The fourth-order valence-corrected chi connectivity index (χ4v) is 6.66. The summed E-state index contributed by atoms with van der Waals surface area (Å²) in [5, 5.41) is 5.28. The minimum absolute atomic E-state index is 0.102. The SMILES string of the molecule is CC(C)c1ccc(N2C[C@H](CS(C)(=O)=O)[C@H]2C)c2cnc(Nc3ccnc(N4CCCC(F)(F)C4)n3)cc12. The molecular formula is C27H34F2N6O2S. The third-order valence-electron chi connectivity index (χ3n) is 7.54. The zero-order valence-electron chi connectivity index (χ0n) is 22.2. The van der Waals surface area contributed by atoms with Crippen LogP contribution in [0.4, 0.5) is 32.1 Å². The predicted molar refractivity (Wildman–Crippen MR) is 148 cm³/mol. The second-order valence-electron chi connectivity index (χ2n) is 10.9. The van der Waals surface area contributed by atoms with Crippen LogP contribution in [0.3, 0.4) is 0 Å². The van der Waals surface area contributed by atoms with Gasteiger partial charge in [0, 0.05) is 61.2 Å². The van der Waals surface area contributed by atoms with Crippen molar-refractivity contribution in [1.82, 2.24) is 15.0 Å². The number of pyridine rings is 1. The Hall–Kier alpha value is -3.08. The van der Waals surface area contributed by atoms with Gasteiger partial charge < -0.3 is 15.1 Å². The number of fused-ring (bicyclic) bond motifs is 1. The fourth-order valence-electron chi connectivity index (χ4n) is 5.49. The van der Waals surface area contributed by atoms with Gasteiger partial charge in [-0.25, -0.2) is 27.2 Å². The van der Waals surface area contributed by atoms with Gasteiger partial charge in [0.2, 0.25) is 5.95 Å². The number of piperidine rings is 1. The van der Waals surface area contributed by atoms with Crippen molar-refractivity contribution in [2.45, 2.75) is 51.5 Å². The third-order valence-corrected chi connectivity index (χ3v) is 8.57. The quantitative estimate of drug-likeness (QED) is 0.445. The molecule has 0 radical (unpaired) electrons. The maximum atomic E-state index is 13.9. The van der Waals surface area contributed by atoms with E-state index in [-0.39, 0.29) is 42.5 Å². The van der Waals surface area contributed by atoms with Gasteiger partial charge in [-0.3, -0.25) is 0 Å². The molecule has 4 heterocycles. The van der Waals surface area contributed by atoms with Gasteiger partial charge in [0.05, 0.1) is 12.3 Å². The number of rotatable bonds is 7. The van der Waals surface area contributed by atoms with E-state index in [1.54, 1.807) is 12.3 Å². The average Bonchev–Trinajstić information content (AvgIpc) is 2.84. The summed E-state index contributed by atoms with van der Waals surface area (Å²) in [5.74, 6) is -0.819. The second kappa shape index (κ2) is 9.91. The number of sulfone groups is 1. The summed E-state index contributed by atoms with van der Waals surface area (Å²) in [6.07, 6.45) is 4.97. The van der Waals surface area contributed by atoms with Gasteiger partial charge >= 0.3 is 0 Å². The monoisotopic (exact) mass is 544 g/mol. The topological polar surface area (TPSA) is 91.3 Å². The van der Waals surface area contributed by atoms with Crippen molar-refractivity contribution in [3.05, 3.63) is 42.2 Å². The highest BCUT2D eigenvalue weighted by Gasteiger charge is 2.38. The van der Waals surface area contributed by atoms with Gasteiger partial charge in [0.1, 0.15) is 21.5 Å². The maximum absolute atomic E-state index is 13.9. The summed E-state index contributed by atoms with van der Waals surface area (Å²) in [7, 11) is -3.03. The average molecular weight is 545 g/mol. The first kappa shape index (κ1) is 26.5. The number of benzene rings is 1. The lowest BCUT2D eigenvalue weighted by Gasteiger charge is -2.48. The highest BCUT2D eigenvalue weighted by molar-refractivity contribution is 7.90. The molecule has 0 aliphatic carbocycles. The molecule has 1 aromatic carbocycles. The van der Waals surface area contributed by atoms with E-state index in [1.165, 1.54) is 16.7 Å². The van der Waals surface area contributed by atoms with Crippen LogP contribution in [0.5, 0.6) is 0 Å². The number of aromatic nitrogens is 3. The molecule has 204 valence electrons. The Bertz CT molecular complexity index is 1450. The minimum atomic E-state index is -3.03. The molecule has 0 bridgehead atoms. The molecule has 8 nitrogen and oxygen atoms in total. The first-order chi connectivity index (χ1) is 17.9. The van der Waals surface area contributed by atoms with Crippen LogP contribution < -0.4 is 15.1 Å². The standard InChI is InChI=1S/C27H34F2N6O2S/c1-17(2)20-6-7-23(35-14-19(18(35)3)15-38(4,36)37)22-13-31-25(12-21(20)22)32-24-8-10-30-26(33-24)34-11-5-9-27(28,29)16-34/h6-8,10,12-13,17-19H,5,9,11,14-16H2,1-4H3,(H,30,31,32,33)/t18-,19-/m1/s1. The second-order valence-corrected chi connectivity index (χ2v) is 13.1. The molecule has 11 heteroatoms. The Morgan fingerprint density at radius 3 is 2.63 bits per heavy atom. The Morgan fingerprint density at radius 1 is 1.16 bits per heavy atom. The lowest BCUT2D eigenvalue weighted by atomic mass is 9.88. The molecule has 3 aromatic rings. The van der Waals surface area contributed by atoms with Crippen molar-refractivity contribution >= 4 is 43.9 Å². The minimum Gasteiger partial charge on any atom is -0.368 e. The van der Waals surface area contributed by atoms with Crippen LogP contribution in [0.1, 0.15) is 45.1 Å². The molecule has 2 aliphatic rings. The van der Waals surface area contributed by atoms with Crippen LogP contribution in [0, 0.1) is 5.92 Å². The van der Waals surface area contributed by atoms with Crippen LogP contribution in [0.2, 0.25) is 0 Å². The van der Waals surface area contributed by atoms with Gasteiger partial charge in [0.25, 0.3) is 5.92 Å². The first-order valence-electron chi connectivity index (χ1n) is 13.0. The Kier molecular flexibility index (Phi) is 6.91. The Morgan fingerprint density at radius 2 is 1.95 bits per heavy atom. The molecule has 0 amide bonds. The van der Waals surface area contributed by atoms with Crippen molar-refractivity contribution < 1.29 is 17.2 Å². The van der Waals surface area contributed by atoms with Gasteiger partial charge in [-0.05, 0) is 48.4 Å². The van der Waals surface area contributed by atoms with Crippen molar-refractivity contribution in [3.8, 4) is 0 Å². The number of hydrogen-bond acceptors (Lipinski definition) is 8. The van der Waals surface area contributed by atoms with Gasteiger partial charge in [-0.2, -0.15) is 4.98 Å². The van der Waals surface area contributed by atoms with Crippen molar-refractivity contribution in [1.29, 1.82) is 0 Å². The molecule has 2 saturated heterocycles. The smallest absolute Gasteiger partial charge is 0.265 e. The molecule has 2 atom stereocenters. The van der Waals surface area contributed by atoms with E-state index in [2.05, 4.69) is 58.1 Å². The van der Waals surface area contributed by atoms with E-state index < -0.39 is 15.8 Å². The molecular weight excluding hydrogens is 510 g/mol. The summed E-state index contributed by atoms with van der Waals surface area (Å²) < 4.78 is 51.4. The maximum Gasteiger partial charge on any atom is 0.265 e. The Balaban J connectivity index is 1.42. The molecule has 2 aliphatic heterocycles. The predicted octanol–water partition coefficient (Wildman–Crippen LogP) is 5.00. The number of hydrogen-bond donors (Lipinski definition) is 1. The van der Waals surface area contributed by atoms with Crippen molar-refractivity contribution in [3.63, 3.8) is 0 Å². The zero-order valence-corrected chi connectivity index (χ0v) is 23.0. The number of anilines is 4. The van der Waals surface area contributed by atoms with E-state index in [4.69, 9.17) is 0 Å². The summed E-state index contributed by atoms with van der Waals surface area (Å²) in [4.78, 5) is 17.1. The van der Waals surface area contributed by atoms with Crippen LogP contribution in [0.25, 0.3) is 10.8 Å². The molecule has 0 saturated carbocycles. The number of nitrogens with one attached hydrogen (secondary N) is 1. The van der Waals surface area contributed by atoms with Gasteiger partial charge in [-0.15, -0.1) is 0 Å². The highest BCUT2D eigenvalue weighted by Crippen LogP contribution is 2.39. The van der Waals surface area contributed by atoms with Crippen molar-refractivity contribution in [2.24, 2.45) is 5.92 Å². The van der Waals surface area contributed by atoms with Gasteiger partial charge in [-0.1, -0.05) is 19.9 Å². The van der Waals surface area contributed by atoms with E-state index in [1.807, 2.05) is 12.3 Å². The molecule has 0 spiro atoms. The Labute approximate surface area is 222 Å². The highest BCUT2D eigenvalue weighted by atomic mass is 32.2. The van der Waals surface area contributed by atoms with E-state index >= 15 is 0 Å². The molecule has 1 N–H and O–H groups in total. The van der Waals surface area contributed by atoms with Crippen molar-refractivity contribution in [2.75, 3.05) is 46.8 Å². The third kappa shape index (κ3) is 5.52. The number of nitrogens with zero attached hydrogens (tertiary/aromatic N) is 5. The molecule has 5 rings (SSSR count). The van der Waals surface area contributed by atoms with E-state index in [0.717, 1.165) is 16.5 Å². The zero-order chi connectivity index (χ0) is 27.2. The fraction of sp³-hybridized carbons (Fsp3) is 0.519. The number of halogens is 2. The lowest BCUT2D eigenvalue weighted by Crippen LogP contribution is -2.57. The van der Waals surface area contributed by atoms with E-state index in [0.29, 0.717) is 31.1 Å². The van der Waals surface area contributed by atoms with Crippen LogP contribution >= 0.6 is 0 Å². The number of alkyl halides is 2.